The van der Waals surface area contributed by atoms with Gasteiger partial charge in [0.15, 0.2) is 0 Å². The lowest BCUT2D eigenvalue weighted by Crippen LogP contribution is -2.53. The van der Waals surface area contributed by atoms with Crippen molar-refractivity contribution >= 4 is 5.97 Å². The number of nitrogens with zero attached hydrogens (tertiary/aromatic N) is 2. The molecular formula is C16H22N2O2. The lowest BCUT2D eigenvalue weighted by molar-refractivity contribution is -0.170. The van der Waals surface area contributed by atoms with E-state index < -0.39 is 5.60 Å². The molecule has 2 aliphatic heterocycles. The van der Waals surface area contributed by atoms with Gasteiger partial charge in [-0.15, -0.1) is 0 Å². The van der Waals surface area contributed by atoms with Crippen LogP contribution in [0.4, 0.5) is 0 Å². The van der Waals surface area contributed by atoms with Gasteiger partial charge in [0.2, 0.25) is 0 Å². The summed E-state index contributed by atoms with van der Waals surface area (Å²) in [5.41, 5.74) is 1.74. The molecule has 0 atom stereocenters. The molecule has 1 aromatic heterocycles. The summed E-state index contributed by atoms with van der Waals surface area (Å²) in [4.78, 5) is 18.7. The van der Waals surface area contributed by atoms with E-state index in [1.807, 2.05) is 6.07 Å². The second kappa shape index (κ2) is 4.55. The number of likely N-dealkylation sites (tertiary alicyclic amines) is 1. The Kier molecular flexibility index (Phi) is 3.09. The average Bonchev–Trinajstić information content (AvgIpc) is 2.38. The molecule has 0 aromatic carbocycles. The van der Waals surface area contributed by atoms with Gasteiger partial charge in [0, 0.05) is 43.2 Å². The van der Waals surface area contributed by atoms with E-state index in [1.54, 1.807) is 6.20 Å². The summed E-state index contributed by atoms with van der Waals surface area (Å²) >= 11 is 0. The smallest absolute Gasteiger partial charge is 0.312 e. The summed E-state index contributed by atoms with van der Waals surface area (Å²) in [5, 5.41) is 0. The molecule has 0 radical (unpaired) electrons. The van der Waals surface area contributed by atoms with Crippen molar-refractivity contribution in [1.82, 2.24) is 9.88 Å². The fourth-order valence-electron chi connectivity index (χ4n) is 3.35. The minimum Gasteiger partial charge on any atom is -0.454 e. The van der Waals surface area contributed by atoms with Crippen molar-refractivity contribution in [3.8, 4) is 0 Å². The van der Waals surface area contributed by atoms with E-state index in [2.05, 4.69) is 36.7 Å². The molecule has 20 heavy (non-hydrogen) atoms. The van der Waals surface area contributed by atoms with Crippen LogP contribution in [0.25, 0.3) is 0 Å². The standard InChI is InChI=1S/C16H22N2O2/c1-15(2,3)18-9-6-16(7-10-18)12-5-4-8-17-13(12)11-14(19)20-16/h4-5,8H,6-7,9-11H2,1-3H3. The first-order valence-electron chi connectivity index (χ1n) is 7.32. The van der Waals surface area contributed by atoms with Crippen molar-refractivity contribution < 1.29 is 9.53 Å². The highest BCUT2D eigenvalue weighted by Crippen LogP contribution is 2.42. The number of ether oxygens (including phenoxy) is 1. The SMILES string of the molecule is CC(C)(C)N1CCC2(CC1)OC(=O)Cc1ncccc12. The second-order valence-corrected chi connectivity index (χ2v) is 6.80. The molecule has 1 fully saturated rings. The molecule has 0 N–H and O–H groups in total. The molecule has 108 valence electrons. The number of rotatable bonds is 0. The first-order valence-corrected chi connectivity index (χ1v) is 7.32. The Bertz CT molecular complexity index is 526. The third-order valence-corrected chi connectivity index (χ3v) is 4.52. The molecule has 1 spiro atoms. The minimum absolute atomic E-state index is 0.139. The normalized spacial score (nSPS) is 22.4. The predicted molar refractivity (Wildman–Crippen MR) is 76.3 cm³/mol. The molecule has 1 saturated heterocycles. The van der Waals surface area contributed by atoms with E-state index >= 15 is 0 Å². The van der Waals surface area contributed by atoms with E-state index in [9.17, 15) is 4.79 Å². The van der Waals surface area contributed by atoms with Crippen molar-refractivity contribution in [1.29, 1.82) is 0 Å². The summed E-state index contributed by atoms with van der Waals surface area (Å²) in [5.74, 6) is -0.139. The monoisotopic (exact) mass is 274 g/mol. The predicted octanol–water partition coefficient (Wildman–Crippen LogP) is 2.27. The van der Waals surface area contributed by atoms with Crippen LogP contribution in [0.1, 0.15) is 44.9 Å². The van der Waals surface area contributed by atoms with Gasteiger partial charge in [0.05, 0.1) is 12.1 Å². The van der Waals surface area contributed by atoms with Crippen LogP contribution in [0.3, 0.4) is 0 Å². The summed E-state index contributed by atoms with van der Waals surface area (Å²) in [7, 11) is 0. The van der Waals surface area contributed by atoms with Gasteiger partial charge >= 0.3 is 5.97 Å². The Labute approximate surface area is 120 Å². The van der Waals surface area contributed by atoms with E-state index in [0.29, 0.717) is 6.42 Å². The Morgan fingerprint density at radius 3 is 2.65 bits per heavy atom. The van der Waals surface area contributed by atoms with Crippen molar-refractivity contribution in [3.05, 3.63) is 29.6 Å². The van der Waals surface area contributed by atoms with Gasteiger partial charge in [-0.3, -0.25) is 14.7 Å². The van der Waals surface area contributed by atoms with Crippen LogP contribution in [0.15, 0.2) is 18.3 Å². The topological polar surface area (TPSA) is 42.4 Å². The average molecular weight is 274 g/mol. The first kappa shape index (κ1) is 13.6. The zero-order chi connectivity index (χ0) is 14.4. The highest BCUT2D eigenvalue weighted by molar-refractivity contribution is 5.75. The second-order valence-electron chi connectivity index (χ2n) is 6.80. The highest BCUT2D eigenvalue weighted by atomic mass is 16.6. The maximum Gasteiger partial charge on any atom is 0.312 e. The molecule has 3 heterocycles. The van der Waals surface area contributed by atoms with E-state index in [1.165, 1.54) is 0 Å². The van der Waals surface area contributed by atoms with Gasteiger partial charge in [-0.1, -0.05) is 6.07 Å². The molecule has 0 unspecified atom stereocenters. The van der Waals surface area contributed by atoms with Crippen LogP contribution in [-0.2, 0) is 21.6 Å². The maximum absolute atomic E-state index is 11.9. The largest absolute Gasteiger partial charge is 0.454 e. The van der Waals surface area contributed by atoms with E-state index in [-0.39, 0.29) is 11.5 Å². The Morgan fingerprint density at radius 2 is 2.00 bits per heavy atom. The molecule has 0 amide bonds. The van der Waals surface area contributed by atoms with Crippen molar-refractivity contribution in [3.63, 3.8) is 0 Å². The molecule has 4 nitrogen and oxygen atoms in total. The first-order chi connectivity index (χ1) is 9.41. The van der Waals surface area contributed by atoms with E-state index in [0.717, 1.165) is 37.2 Å². The Balaban J connectivity index is 1.89. The number of aromatic nitrogens is 1. The van der Waals surface area contributed by atoms with Crippen LogP contribution in [0.5, 0.6) is 0 Å². The van der Waals surface area contributed by atoms with Crippen LogP contribution in [-0.4, -0.2) is 34.5 Å². The molecule has 0 aliphatic carbocycles. The van der Waals surface area contributed by atoms with Crippen molar-refractivity contribution in [2.24, 2.45) is 0 Å². The molecule has 1 aromatic rings. The number of esters is 1. The van der Waals surface area contributed by atoms with Gasteiger partial charge in [-0.2, -0.15) is 0 Å². The number of piperidine rings is 1. The molecule has 4 heteroatoms. The fourth-order valence-corrected chi connectivity index (χ4v) is 3.35. The Morgan fingerprint density at radius 1 is 1.30 bits per heavy atom. The molecule has 0 saturated carbocycles. The van der Waals surface area contributed by atoms with Crippen molar-refractivity contribution in [2.75, 3.05) is 13.1 Å². The number of hydrogen-bond donors (Lipinski definition) is 0. The zero-order valence-electron chi connectivity index (χ0n) is 12.5. The Hall–Kier alpha value is -1.42. The number of carbonyl (C=O) groups is 1. The lowest BCUT2D eigenvalue weighted by Gasteiger charge is -2.47. The fraction of sp³-hybridized carbons (Fsp3) is 0.625. The summed E-state index contributed by atoms with van der Waals surface area (Å²) in [6.45, 7) is 8.59. The summed E-state index contributed by atoms with van der Waals surface area (Å²) in [6, 6.07) is 4.01. The molecule has 2 aliphatic rings. The molecule has 0 bridgehead atoms. The van der Waals surface area contributed by atoms with Gasteiger partial charge in [-0.25, -0.2) is 0 Å². The quantitative estimate of drug-likeness (QED) is 0.681. The number of pyridine rings is 1. The third-order valence-electron chi connectivity index (χ3n) is 4.52. The lowest BCUT2D eigenvalue weighted by atomic mass is 9.80. The number of hydrogen-bond acceptors (Lipinski definition) is 4. The molecule has 3 rings (SSSR count). The van der Waals surface area contributed by atoms with Gasteiger partial charge in [0.25, 0.3) is 0 Å². The zero-order valence-corrected chi connectivity index (χ0v) is 12.5. The van der Waals surface area contributed by atoms with Gasteiger partial charge in [0.1, 0.15) is 5.60 Å². The molecular weight excluding hydrogens is 252 g/mol. The van der Waals surface area contributed by atoms with Crippen LogP contribution >= 0.6 is 0 Å². The maximum atomic E-state index is 11.9. The minimum atomic E-state index is -0.444. The van der Waals surface area contributed by atoms with Crippen LogP contribution in [0, 0.1) is 0 Å². The van der Waals surface area contributed by atoms with Crippen molar-refractivity contribution in [2.45, 2.75) is 51.2 Å². The summed E-state index contributed by atoms with van der Waals surface area (Å²) in [6.07, 6.45) is 3.78. The number of carbonyl (C=O) groups excluding carboxylic acids is 1. The van der Waals surface area contributed by atoms with Gasteiger partial charge < -0.3 is 4.74 Å². The third kappa shape index (κ3) is 2.22. The van der Waals surface area contributed by atoms with Crippen LogP contribution in [0.2, 0.25) is 0 Å². The van der Waals surface area contributed by atoms with Gasteiger partial charge in [-0.05, 0) is 26.8 Å². The summed E-state index contributed by atoms with van der Waals surface area (Å²) < 4.78 is 5.80. The van der Waals surface area contributed by atoms with Crippen LogP contribution < -0.4 is 0 Å². The number of fused-ring (bicyclic) bond motifs is 2. The highest BCUT2D eigenvalue weighted by Gasteiger charge is 2.45. The van der Waals surface area contributed by atoms with E-state index in [4.69, 9.17) is 4.74 Å².